The number of rotatable bonds is 13. The van der Waals surface area contributed by atoms with Crippen LogP contribution in [0.25, 0.3) is 0 Å². The van der Waals surface area contributed by atoms with Crippen LogP contribution in [-0.2, 0) is 19.5 Å². The highest BCUT2D eigenvalue weighted by Crippen LogP contribution is 2.23. The van der Waals surface area contributed by atoms with Gasteiger partial charge in [-0.15, -0.1) is 0 Å². The predicted octanol–water partition coefficient (Wildman–Crippen LogP) is 6.85. The van der Waals surface area contributed by atoms with E-state index in [1.165, 1.54) is 37.0 Å². The van der Waals surface area contributed by atoms with Crippen molar-refractivity contribution in [3.63, 3.8) is 0 Å². The van der Waals surface area contributed by atoms with Crippen molar-refractivity contribution in [3.8, 4) is 5.75 Å². The summed E-state index contributed by atoms with van der Waals surface area (Å²) < 4.78 is 19.0. The summed E-state index contributed by atoms with van der Waals surface area (Å²) in [5, 5.41) is 10.6. The lowest BCUT2D eigenvalue weighted by Gasteiger charge is -2.38. The number of benzene rings is 4. The lowest BCUT2D eigenvalue weighted by molar-refractivity contribution is 0.0747. The van der Waals surface area contributed by atoms with E-state index in [0.717, 1.165) is 49.5 Å². The molecule has 0 aliphatic carbocycles. The van der Waals surface area contributed by atoms with E-state index >= 15 is 0 Å². The summed E-state index contributed by atoms with van der Waals surface area (Å²) in [6, 6.07) is 32.1. The Hall–Kier alpha value is -3.84. The molecular formula is C37H41FN2O3. The van der Waals surface area contributed by atoms with E-state index in [1.807, 2.05) is 42.5 Å². The number of Topliss-reactive ketones (excluding diaryl/α,β-unsaturated/α-hetero) is 1. The number of ketones is 1. The van der Waals surface area contributed by atoms with Crippen molar-refractivity contribution in [2.45, 2.75) is 50.9 Å². The number of hydrogen-bond donors (Lipinski definition) is 1. The Morgan fingerprint density at radius 3 is 2.30 bits per heavy atom. The fourth-order valence-electron chi connectivity index (χ4n) is 5.79. The first-order valence-electron chi connectivity index (χ1n) is 15.2. The van der Waals surface area contributed by atoms with Crippen LogP contribution in [0.3, 0.4) is 0 Å². The van der Waals surface area contributed by atoms with Crippen molar-refractivity contribution in [3.05, 3.63) is 137 Å². The Morgan fingerprint density at radius 1 is 0.907 bits per heavy atom. The summed E-state index contributed by atoms with van der Waals surface area (Å²) in [6.07, 6.45) is 3.23. The summed E-state index contributed by atoms with van der Waals surface area (Å²) in [6.45, 7) is 4.34. The number of ether oxygens (including phenoxy) is 1. The minimum absolute atomic E-state index is 0.218. The third-order valence-corrected chi connectivity index (χ3v) is 8.21. The largest absolute Gasteiger partial charge is 0.493 e. The van der Waals surface area contributed by atoms with Crippen LogP contribution in [0.5, 0.6) is 5.75 Å². The molecule has 1 heterocycles. The summed E-state index contributed by atoms with van der Waals surface area (Å²) >= 11 is 0. The first-order chi connectivity index (χ1) is 20.9. The van der Waals surface area contributed by atoms with Gasteiger partial charge in [-0.25, -0.2) is 4.39 Å². The van der Waals surface area contributed by atoms with Crippen molar-refractivity contribution < 1.29 is 19.0 Å². The summed E-state index contributed by atoms with van der Waals surface area (Å²) in [7, 11) is 2.16. The summed E-state index contributed by atoms with van der Waals surface area (Å²) in [5.74, 6) is 0.347. The van der Waals surface area contributed by atoms with Crippen LogP contribution >= 0.6 is 0 Å². The SMILES string of the molecule is CN(Cc1ccc(C(O)C(=O)c2ccccc2)cc1)CC1CCCCN1Cc1ccc(OCCc2ccc(F)cc2)cc1. The van der Waals surface area contributed by atoms with Gasteiger partial charge in [-0.05, 0) is 73.0 Å². The van der Waals surface area contributed by atoms with Gasteiger partial charge >= 0.3 is 0 Å². The average Bonchev–Trinajstić information content (AvgIpc) is 3.04. The van der Waals surface area contributed by atoms with E-state index in [-0.39, 0.29) is 11.6 Å². The van der Waals surface area contributed by atoms with E-state index in [1.54, 1.807) is 36.4 Å². The fourth-order valence-corrected chi connectivity index (χ4v) is 5.79. The van der Waals surface area contributed by atoms with Gasteiger partial charge in [0.15, 0.2) is 5.78 Å². The first kappa shape index (κ1) is 30.6. The van der Waals surface area contributed by atoms with Crippen LogP contribution in [0.4, 0.5) is 4.39 Å². The Bertz CT molecular complexity index is 1430. The van der Waals surface area contributed by atoms with Crippen molar-refractivity contribution in [2.75, 3.05) is 26.7 Å². The van der Waals surface area contributed by atoms with Crippen molar-refractivity contribution >= 4 is 5.78 Å². The molecule has 224 valence electrons. The van der Waals surface area contributed by atoms with Gasteiger partial charge in [0.05, 0.1) is 6.61 Å². The molecule has 0 saturated carbocycles. The second-order valence-corrected chi connectivity index (χ2v) is 11.6. The number of nitrogens with zero attached hydrogens (tertiary/aromatic N) is 2. The molecule has 1 N–H and O–H groups in total. The van der Waals surface area contributed by atoms with Crippen LogP contribution in [0, 0.1) is 5.82 Å². The van der Waals surface area contributed by atoms with Crippen LogP contribution in [-0.4, -0.2) is 53.5 Å². The topological polar surface area (TPSA) is 53.0 Å². The van der Waals surface area contributed by atoms with Gasteiger partial charge in [0.25, 0.3) is 0 Å². The molecule has 1 fully saturated rings. The van der Waals surface area contributed by atoms with Crippen molar-refractivity contribution in [2.24, 2.45) is 0 Å². The molecule has 1 aliphatic heterocycles. The molecule has 1 aliphatic rings. The number of aliphatic hydroxyl groups is 1. The quantitative estimate of drug-likeness (QED) is 0.175. The molecular weight excluding hydrogens is 539 g/mol. The molecule has 6 heteroatoms. The smallest absolute Gasteiger partial charge is 0.195 e. The second-order valence-electron chi connectivity index (χ2n) is 11.6. The van der Waals surface area contributed by atoms with E-state index in [2.05, 4.69) is 29.0 Å². The van der Waals surface area contributed by atoms with Crippen molar-refractivity contribution in [1.29, 1.82) is 0 Å². The van der Waals surface area contributed by atoms with Gasteiger partial charge in [-0.2, -0.15) is 0 Å². The number of piperidine rings is 1. The zero-order chi connectivity index (χ0) is 30.0. The van der Waals surface area contributed by atoms with Gasteiger partial charge in [0, 0.05) is 37.7 Å². The van der Waals surface area contributed by atoms with Gasteiger partial charge in [0.1, 0.15) is 17.7 Å². The van der Waals surface area contributed by atoms with Crippen LogP contribution in [0.2, 0.25) is 0 Å². The predicted molar refractivity (Wildman–Crippen MR) is 169 cm³/mol. The lowest BCUT2D eigenvalue weighted by atomic mass is 9.98. The molecule has 2 atom stereocenters. The highest BCUT2D eigenvalue weighted by Gasteiger charge is 2.24. The maximum absolute atomic E-state index is 13.1. The van der Waals surface area contributed by atoms with Crippen molar-refractivity contribution in [1.82, 2.24) is 9.80 Å². The highest BCUT2D eigenvalue weighted by atomic mass is 19.1. The summed E-state index contributed by atoms with van der Waals surface area (Å²) in [4.78, 5) is 17.6. The number of likely N-dealkylation sites (N-methyl/N-ethyl adjacent to an activating group) is 1. The molecule has 4 aromatic rings. The molecule has 4 aromatic carbocycles. The first-order valence-corrected chi connectivity index (χ1v) is 15.2. The second kappa shape index (κ2) is 15.1. The van der Waals surface area contributed by atoms with Crippen LogP contribution in [0.1, 0.15) is 58.0 Å². The van der Waals surface area contributed by atoms with E-state index in [9.17, 15) is 14.3 Å². The van der Waals surface area contributed by atoms with Crippen LogP contribution in [0.15, 0.2) is 103 Å². The third kappa shape index (κ3) is 8.83. The molecule has 0 amide bonds. The Labute approximate surface area is 254 Å². The van der Waals surface area contributed by atoms with Crippen LogP contribution < -0.4 is 4.74 Å². The lowest BCUT2D eigenvalue weighted by Crippen LogP contribution is -2.45. The molecule has 0 aromatic heterocycles. The molecule has 0 bridgehead atoms. The van der Waals surface area contributed by atoms with Gasteiger partial charge in [-0.3, -0.25) is 9.69 Å². The standard InChI is InChI=1S/C37H41FN2O3/c1-39(25-29-10-16-32(17-11-29)37(42)36(41)31-7-3-2-4-8-31)27-34-9-5-6-23-40(34)26-30-14-20-35(21-15-30)43-24-22-28-12-18-33(38)19-13-28/h2-4,7-8,10-21,34,37,42H,5-6,9,22-27H2,1H3. The maximum atomic E-state index is 13.1. The molecule has 0 radical (unpaired) electrons. The maximum Gasteiger partial charge on any atom is 0.195 e. The zero-order valence-corrected chi connectivity index (χ0v) is 24.9. The molecule has 1 saturated heterocycles. The Kier molecular flexibility index (Phi) is 10.7. The van der Waals surface area contributed by atoms with E-state index in [0.29, 0.717) is 23.8 Å². The minimum Gasteiger partial charge on any atom is -0.493 e. The number of carbonyl (C=O) groups excluding carboxylic acids is 1. The normalized spacial score (nSPS) is 16.2. The molecule has 0 spiro atoms. The number of halogens is 1. The molecule has 2 unspecified atom stereocenters. The highest BCUT2D eigenvalue weighted by molar-refractivity contribution is 5.99. The number of aliphatic hydroxyl groups excluding tert-OH is 1. The summed E-state index contributed by atoms with van der Waals surface area (Å²) in [5.41, 5.74) is 4.62. The fraction of sp³-hybridized carbons (Fsp3) is 0.324. The third-order valence-electron chi connectivity index (χ3n) is 8.21. The minimum atomic E-state index is -1.16. The van der Waals surface area contributed by atoms with Gasteiger partial charge in [-0.1, -0.05) is 85.3 Å². The Morgan fingerprint density at radius 2 is 1.58 bits per heavy atom. The van der Waals surface area contributed by atoms with Gasteiger partial charge < -0.3 is 14.7 Å². The number of carbonyl (C=O) groups is 1. The Balaban J connectivity index is 1.10. The monoisotopic (exact) mass is 580 g/mol. The number of hydrogen-bond acceptors (Lipinski definition) is 5. The average molecular weight is 581 g/mol. The zero-order valence-electron chi connectivity index (χ0n) is 24.9. The molecule has 43 heavy (non-hydrogen) atoms. The molecule has 5 nitrogen and oxygen atoms in total. The number of likely N-dealkylation sites (tertiary alicyclic amines) is 1. The van der Waals surface area contributed by atoms with Gasteiger partial charge in [0.2, 0.25) is 0 Å². The van der Waals surface area contributed by atoms with E-state index < -0.39 is 6.10 Å². The molecule has 5 rings (SSSR count). The van der Waals surface area contributed by atoms with E-state index in [4.69, 9.17) is 4.74 Å².